The first-order valence-electron chi connectivity index (χ1n) is 15.9. The molecule has 4 unspecified atom stereocenters. The molecule has 16 nitrogen and oxygen atoms in total. The molecule has 0 spiro atoms. The van der Waals surface area contributed by atoms with Gasteiger partial charge in [-0.1, -0.05) is 12.1 Å². The van der Waals surface area contributed by atoms with Crippen LogP contribution in [0.4, 0.5) is 0 Å². The van der Waals surface area contributed by atoms with Crippen molar-refractivity contribution < 1.29 is 76.8 Å². The Bertz CT molecular complexity index is 1850. The summed E-state index contributed by atoms with van der Waals surface area (Å²) in [6.45, 7) is -0.298. The summed E-state index contributed by atoms with van der Waals surface area (Å²) in [5.41, 5.74) is 0.869. The summed E-state index contributed by atoms with van der Waals surface area (Å²) in [6.07, 6.45) is -6.38. The monoisotopic (exact) mass is 724 g/mol. The lowest BCUT2D eigenvalue weighted by Crippen LogP contribution is -2.40. The fraction of sp³-hybridized carbons (Fsp3) is 0.361. The van der Waals surface area contributed by atoms with E-state index in [1.54, 1.807) is 24.3 Å². The summed E-state index contributed by atoms with van der Waals surface area (Å²) < 4.78 is 51.5. The third kappa shape index (κ3) is 8.22. The number of benzene rings is 3. The third-order valence-electron chi connectivity index (χ3n) is 8.18. The van der Waals surface area contributed by atoms with Gasteiger partial charge in [0.25, 0.3) is 0 Å². The molecule has 0 saturated carbocycles. The summed E-state index contributed by atoms with van der Waals surface area (Å²) in [4.78, 5) is 61.2. The van der Waals surface area contributed by atoms with Crippen molar-refractivity contribution in [3.8, 4) is 40.2 Å². The van der Waals surface area contributed by atoms with E-state index < -0.39 is 73.3 Å². The van der Waals surface area contributed by atoms with Crippen molar-refractivity contribution in [3.63, 3.8) is 0 Å². The maximum atomic E-state index is 14.0. The molecule has 2 aliphatic rings. The Kier molecular flexibility index (Phi) is 11.6. The van der Waals surface area contributed by atoms with E-state index in [0.29, 0.717) is 28.4 Å². The first-order chi connectivity index (χ1) is 25.0. The first-order valence-corrected chi connectivity index (χ1v) is 15.9. The van der Waals surface area contributed by atoms with Gasteiger partial charge in [0, 0.05) is 23.3 Å². The average Bonchev–Trinajstić information content (AvgIpc) is 3.14. The molecule has 3 aromatic rings. The van der Waals surface area contributed by atoms with Crippen LogP contribution in [0.1, 0.15) is 59.4 Å². The van der Waals surface area contributed by atoms with Crippen molar-refractivity contribution in [2.75, 3.05) is 35.0 Å². The second-order valence-corrected chi connectivity index (χ2v) is 11.5. The highest BCUT2D eigenvalue weighted by atomic mass is 16.6. The second kappa shape index (κ2) is 16.2. The summed E-state index contributed by atoms with van der Waals surface area (Å²) in [7, 11) is 5.72. The molecule has 0 radical (unpaired) electrons. The molecule has 2 heterocycles. The number of aliphatic carboxylic acids is 2. The van der Waals surface area contributed by atoms with Crippen LogP contribution in [0.3, 0.4) is 0 Å². The van der Waals surface area contributed by atoms with Crippen molar-refractivity contribution >= 4 is 29.7 Å². The molecule has 0 saturated heterocycles. The van der Waals surface area contributed by atoms with Gasteiger partial charge in [-0.2, -0.15) is 0 Å². The minimum Gasteiger partial charge on any atom is -0.496 e. The van der Waals surface area contributed by atoms with Crippen molar-refractivity contribution in [3.05, 3.63) is 65.2 Å². The smallest absolute Gasteiger partial charge is 0.307 e. The van der Waals surface area contributed by atoms with Crippen LogP contribution in [0, 0.1) is 0 Å². The number of methoxy groups -OCH3 is 4. The van der Waals surface area contributed by atoms with Gasteiger partial charge in [-0.3, -0.25) is 24.0 Å². The van der Waals surface area contributed by atoms with Crippen LogP contribution in [0.2, 0.25) is 0 Å². The fourth-order valence-corrected chi connectivity index (χ4v) is 5.65. The number of Topliss-reactive ketones (excluding diaryl/α,β-unsaturated/α-hetero) is 1. The molecular weight excluding hydrogens is 688 g/mol. The molecule has 5 rings (SSSR count). The van der Waals surface area contributed by atoms with Crippen LogP contribution >= 0.6 is 0 Å². The molecule has 3 aromatic carbocycles. The number of carbonyl (C=O) groups is 5. The quantitative estimate of drug-likeness (QED) is 0.211. The number of ketones is 1. The number of hydrogen-bond donors (Lipinski definition) is 2. The summed E-state index contributed by atoms with van der Waals surface area (Å²) in [5, 5.41) is 18.0. The lowest BCUT2D eigenvalue weighted by molar-refractivity contribution is -0.154. The van der Waals surface area contributed by atoms with E-state index in [2.05, 4.69) is 0 Å². The Balaban J connectivity index is 1.52. The lowest BCUT2D eigenvalue weighted by Gasteiger charge is -2.36. The molecule has 276 valence electrons. The van der Waals surface area contributed by atoms with E-state index in [-0.39, 0.29) is 41.6 Å². The second-order valence-electron chi connectivity index (χ2n) is 11.5. The van der Waals surface area contributed by atoms with E-state index in [1.165, 1.54) is 52.7 Å². The molecule has 0 aromatic heterocycles. The van der Waals surface area contributed by atoms with Crippen LogP contribution in [-0.4, -0.2) is 87.1 Å². The molecule has 0 aliphatic carbocycles. The highest BCUT2D eigenvalue weighted by Gasteiger charge is 2.44. The maximum absolute atomic E-state index is 14.0. The van der Waals surface area contributed by atoms with Crippen molar-refractivity contribution in [1.29, 1.82) is 0 Å². The lowest BCUT2D eigenvalue weighted by atomic mass is 9.92. The Morgan fingerprint density at radius 1 is 0.635 bits per heavy atom. The number of esters is 2. The van der Waals surface area contributed by atoms with E-state index in [0.717, 1.165) is 0 Å². The van der Waals surface area contributed by atoms with Gasteiger partial charge in [-0.25, -0.2) is 0 Å². The van der Waals surface area contributed by atoms with Crippen LogP contribution in [-0.2, 0) is 28.7 Å². The number of rotatable bonds is 15. The zero-order chi connectivity index (χ0) is 37.5. The highest BCUT2D eigenvalue weighted by molar-refractivity contribution is 6.06. The van der Waals surface area contributed by atoms with Gasteiger partial charge in [0.1, 0.15) is 29.4 Å². The normalized spacial score (nSPS) is 18.6. The molecule has 2 aliphatic heterocycles. The Morgan fingerprint density at radius 3 is 1.92 bits per heavy atom. The fourth-order valence-electron chi connectivity index (χ4n) is 5.65. The third-order valence-corrected chi connectivity index (χ3v) is 8.18. The SMILES string of the molecule is COc1cc(OC)c2c(c1)OC(c1ccc3c(c1)OC(c1ccc(OC)c(OC)c1)C(COC(=O)CCC(=O)O)O3)C(OC(=O)CCC(=O)O)C2=O. The molecule has 4 atom stereocenters. The van der Waals surface area contributed by atoms with Crippen LogP contribution in [0.5, 0.6) is 40.2 Å². The van der Waals surface area contributed by atoms with Crippen LogP contribution in [0.25, 0.3) is 0 Å². The van der Waals surface area contributed by atoms with Gasteiger partial charge >= 0.3 is 23.9 Å². The molecule has 0 bridgehead atoms. The molecule has 0 fully saturated rings. The summed E-state index contributed by atoms with van der Waals surface area (Å²) in [6, 6.07) is 12.6. The van der Waals surface area contributed by atoms with Gasteiger partial charge in [-0.15, -0.1) is 0 Å². The van der Waals surface area contributed by atoms with Crippen LogP contribution in [0.15, 0.2) is 48.5 Å². The molecule has 16 heteroatoms. The molecule has 0 amide bonds. The minimum atomic E-state index is -1.56. The summed E-state index contributed by atoms with van der Waals surface area (Å²) in [5.74, 6) is -2.93. The Labute approximate surface area is 297 Å². The van der Waals surface area contributed by atoms with Crippen molar-refractivity contribution in [2.24, 2.45) is 0 Å². The average molecular weight is 725 g/mol. The molecule has 52 heavy (non-hydrogen) atoms. The number of hydrogen-bond acceptors (Lipinski definition) is 14. The topological polar surface area (TPSA) is 209 Å². The van der Waals surface area contributed by atoms with Gasteiger partial charge < -0.3 is 52.8 Å². The largest absolute Gasteiger partial charge is 0.496 e. The predicted molar refractivity (Wildman–Crippen MR) is 176 cm³/mol. The van der Waals surface area contributed by atoms with E-state index >= 15 is 0 Å². The van der Waals surface area contributed by atoms with E-state index in [4.69, 9.17) is 52.8 Å². The predicted octanol–water partition coefficient (Wildman–Crippen LogP) is 4.10. The van der Waals surface area contributed by atoms with Crippen molar-refractivity contribution in [1.82, 2.24) is 0 Å². The zero-order valence-corrected chi connectivity index (χ0v) is 28.6. The van der Waals surface area contributed by atoms with Gasteiger partial charge in [0.05, 0.1) is 54.1 Å². The Morgan fingerprint density at radius 2 is 1.27 bits per heavy atom. The molecular formula is C36H36O16. The summed E-state index contributed by atoms with van der Waals surface area (Å²) >= 11 is 0. The van der Waals surface area contributed by atoms with Crippen LogP contribution < -0.4 is 33.2 Å². The standard InChI is InChI=1S/C36H36O16/c1-44-20-15-25(47-4)32-26(16-20)51-35(36(33(32)43)52-31(42)12-10-29(39)40)19-6-8-22-24(14-19)50-34(18-5-7-21(45-2)23(13-18)46-3)27(49-22)17-48-30(41)11-9-28(37)38/h5-8,13-16,27,34-36H,9-12,17H2,1-4H3,(H,37,38)(H,39,40). The number of carboxylic acid groups (broad SMARTS) is 2. The Hall–Kier alpha value is -6.19. The van der Waals surface area contributed by atoms with Gasteiger partial charge in [-0.05, 0) is 24.3 Å². The minimum absolute atomic E-state index is 0.00221. The van der Waals surface area contributed by atoms with Gasteiger partial charge in [0.15, 0.2) is 41.3 Å². The maximum Gasteiger partial charge on any atom is 0.307 e. The van der Waals surface area contributed by atoms with Gasteiger partial charge in [0.2, 0.25) is 11.9 Å². The zero-order valence-electron chi connectivity index (χ0n) is 28.6. The number of carbonyl (C=O) groups excluding carboxylic acids is 3. The van der Waals surface area contributed by atoms with E-state index in [9.17, 15) is 24.0 Å². The van der Waals surface area contributed by atoms with Crippen molar-refractivity contribution in [2.45, 2.75) is 50.1 Å². The molecule has 2 N–H and O–H groups in total. The number of fused-ring (bicyclic) bond motifs is 2. The highest BCUT2D eigenvalue weighted by Crippen LogP contribution is 2.47. The number of ether oxygens (including phenoxy) is 9. The van der Waals surface area contributed by atoms with E-state index in [1.807, 2.05) is 0 Å². The first kappa shape index (κ1) is 37.1. The number of carboxylic acids is 2.